The Bertz CT molecular complexity index is 936. The molecule has 22 heavy (non-hydrogen) atoms. The molecular weight excluding hydrogens is 268 g/mol. The summed E-state index contributed by atoms with van der Waals surface area (Å²) in [6, 6.07) is 27.2. The van der Waals surface area contributed by atoms with Crippen LogP contribution in [-0.4, -0.2) is 4.57 Å². The highest BCUT2D eigenvalue weighted by Gasteiger charge is 2.11. The lowest BCUT2D eigenvalue weighted by Gasteiger charge is -2.03. The Morgan fingerprint density at radius 2 is 1.59 bits per heavy atom. The minimum Gasteiger partial charge on any atom is -0.292 e. The summed E-state index contributed by atoms with van der Waals surface area (Å²) in [6.45, 7) is 2.11. The first-order chi connectivity index (χ1) is 10.8. The number of hydrogen-bond acceptors (Lipinski definition) is 0. The molecule has 0 saturated carbocycles. The molecule has 2 nitrogen and oxygen atoms in total. The zero-order chi connectivity index (χ0) is 14.9. The Labute approximate surface area is 129 Å². The quantitative estimate of drug-likeness (QED) is 0.388. The van der Waals surface area contributed by atoms with Crippen LogP contribution in [0.4, 0.5) is 0 Å². The van der Waals surface area contributed by atoms with E-state index in [0.29, 0.717) is 0 Å². The van der Waals surface area contributed by atoms with E-state index in [2.05, 4.69) is 95.2 Å². The average molecular weight is 284 g/mol. The normalized spacial score (nSPS) is 11.0. The van der Waals surface area contributed by atoms with Gasteiger partial charge in [0.2, 0.25) is 0 Å². The molecule has 0 fully saturated rings. The van der Waals surface area contributed by atoms with Crippen LogP contribution < -0.4 is 4.57 Å². The first kappa shape index (κ1) is 12.8. The third-order valence-corrected chi connectivity index (χ3v) is 3.84. The molecule has 3 aromatic carbocycles. The van der Waals surface area contributed by atoms with Gasteiger partial charge in [0.05, 0.1) is 22.4 Å². The van der Waals surface area contributed by atoms with Crippen LogP contribution in [0.3, 0.4) is 0 Å². The fourth-order valence-corrected chi connectivity index (χ4v) is 2.79. The van der Waals surface area contributed by atoms with Gasteiger partial charge in [0.15, 0.2) is 0 Å². The third kappa shape index (κ3) is 2.09. The summed E-state index contributed by atoms with van der Waals surface area (Å²) in [5.41, 5.74) is 5.79. The van der Waals surface area contributed by atoms with Gasteiger partial charge in [-0.25, -0.2) is 0 Å². The van der Waals surface area contributed by atoms with Gasteiger partial charge in [0.25, 0.3) is 6.33 Å². The lowest BCUT2D eigenvalue weighted by molar-refractivity contribution is -0.572. The zero-order valence-electron chi connectivity index (χ0n) is 12.4. The lowest BCUT2D eigenvalue weighted by Crippen LogP contribution is -2.29. The molecular formula is C20H16N2. The number of fused-ring (bicyclic) bond motifs is 1. The van der Waals surface area contributed by atoms with Crippen LogP contribution >= 0.6 is 0 Å². The van der Waals surface area contributed by atoms with Crippen LogP contribution in [0.15, 0.2) is 78.9 Å². The highest BCUT2D eigenvalue weighted by molar-refractivity contribution is 5.74. The topological polar surface area (TPSA) is 8.81 Å². The van der Waals surface area contributed by atoms with Crippen molar-refractivity contribution in [3.05, 3.63) is 90.8 Å². The number of imidazole rings is 1. The number of aryl methyl sites for hydroxylation is 1. The summed E-state index contributed by atoms with van der Waals surface area (Å²) in [7, 11) is 0. The summed E-state index contributed by atoms with van der Waals surface area (Å²) < 4.78 is 4.23. The SMILES string of the molecule is Cc1cccc(-[n+]2[c-]n(-c3ccccc3)c3ccccc32)c1. The third-order valence-electron chi connectivity index (χ3n) is 3.84. The van der Waals surface area contributed by atoms with Crippen molar-refractivity contribution in [3.63, 3.8) is 0 Å². The van der Waals surface area contributed by atoms with E-state index in [1.165, 1.54) is 5.56 Å². The van der Waals surface area contributed by atoms with Crippen molar-refractivity contribution in [2.24, 2.45) is 0 Å². The smallest absolute Gasteiger partial charge is 0.269 e. The van der Waals surface area contributed by atoms with Gasteiger partial charge in [-0.05, 0) is 31.2 Å². The second-order valence-corrected chi connectivity index (χ2v) is 5.43. The molecule has 0 amide bonds. The number of aromatic nitrogens is 2. The molecule has 4 aromatic rings. The molecule has 0 spiro atoms. The van der Waals surface area contributed by atoms with Crippen LogP contribution in [0.25, 0.3) is 22.4 Å². The predicted octanol–water partition coefficient (Wildman–Crippen LogP) is 4.02. The molecule has 0 aliphatic carbocycles. The molecule has 0 saturated heterocycles. The van der Waals surface area contributed by atoms with E-state index in [1.807, 2.05) is 6.07 Å². The molecule has 0 radical (unpaired) electrons. The molecule has 0 aliphatic heterocycles. The van der Waals surface area contributed by atoms with Crippen LogP contribution in [0.2, 0.25) is 0 Å². The lowest BCUT2D eigenvalue weighted by atomic mass is 10.2. The van der Waals surface area contributed by atoms with E-state index >= 15 is 0 Å². The zero-order valence-corrected chi connectivity index (χ0v) is 12.4. The Kier molecular flexibility index (Phi) is 3.01. The second-order valence-electron chi connectivity index (χ2n) is 5.43. The minimum atomic E-state index is 1.12. The molecule has 0 N–H and O–H groups in total. The standard InChI is InChI=1S/C20H16N2/c1-16-8-7-11-18(14-16)22-15-21(17-9-3-2-4-10-17)19-12-5-6-13-20(19)22/h2-14H,1H3. The van der Waals surface area contributed by atoms with Gasteiger partial charge >= 0.3 is 0 Å². The van der Waals surface area contributed by atoms with E-state index in [1.54, 1.807) is 0 Å². The molecule has 106 valence electrons. The van der Waals surface area contributed by atoms with Gasteiger partial charge in [0.1, 0.15) is 0 Å². The first-order valence-corrected chi connectivity index (χ1v) is 7.40. The predicted molar refractivity (Wildman–Crippen MR) is 88.4 cm³/mol. The van der Waals surface area contributed by atoms with Crippen molar-refractivity contribution < 1.29 is 4.57 Å². The Hall–Kier alpha value is -2.87. The minimum absolute atomic E-state index is 1.12. The monoisotopic (exact) mass is 284 g/mol. The maximum atomic E-state index is 3.48. The fourth-order valence-electron chi connectivity index (χ4n) is 2.79. The molecule has 4 rings (SSSR count). The Morgan fingerprint density at radius 3 is 2.41 bits per heavy atom. The fraction of sp³-hybridized carbons (Fsp3) is 0.0500. The second kappa shape index (κ2) is 5.15. The number of benzene rings is 3. The van der Waals surface area contributed by atoms with Crippen LogP contribution in [0.5, 0.6) is 0 Å². The summed E-state index contributed by atoms with van der Waals surface area (Å²) in [4.78, 5) is 0. The van der Waals surface area contributed by atoms with Gasteiger partial charge in [-0.3, -0.25) is 9.13 Å². The molecule has 0 bridgehead atoms. The van der Waals surface area contributed by atoms with E-state index in [-0.39, 0.29) is 0 Å². The summed E-state index contributed by atoms with van der Waals surface area (Å²) in [5, 5.41) is 0. The molecule has 1 aromatic heterocycles. The number of rotatable bonds is 2. The number of hydrogen-bond donors (Lipinski definition) is 0. The van der Waals surface area contributed by atoms with Gasteiger partial charge in [-0.1, -0.05) is 60.2 Å². The molecule has 1 heterocycles. The van der Waals surface area contributed by atoms with E-state index in [9.17, 15) is 0 Å². The summed E-state index contributed by atoms with van der Waals surface area (Å²) in [6.07, 6.45) is 3.48. The van der Waals surface area contributed by atoms with Crippen molar-refractivity contribution in [2.75, 3.05) is 0 Å². The first-order valence-electron chi connectivity index (χ1n) is 7.40. The average Bonchev–Trinajstić information content (AvgIpc) is 2.95. The van der Waals surface area contributed by atoms with E-state index in [4.69, 9.17) is 0 Å². The summed E-state index contributed by atoms with van der Waals surface area (Å²) >= 11 is 0. The highest BCUT2D eigenvalue weighted by Crippen LogP contribution is 2.18. The largest absolute Gasteiger partial charge is 0.292 e. The molecule has 0 atom stereocenters. The van der Waals surface area contributed by atoms with Gasteiger partial charge in [-0.2, -0.15) is 0 Å². The van der Waals surface area contributed by atoms with Crippen molar-refractivity contribution in [1.29, 1.82) is 0 Å². The number of nitrogens with zero attached hydrogens (tertiary/aromatic N) is 2. The van der Waals surface area contributed by atoms with Crippen molar-refractivity contribution in [1.82, 2.24) is 4.57 Å². The maximum Gasteiger partial charge on any atom is 0.269 e. The highest BCUT2D eigenvalue weighted by atomic mass is 15.1. The van der Waals surface area contributed by atoms with Crippen molar-refractivity contribution in [2.45, 2.75) is 6.92 Å². The molecule has 0 unspecified atom stereocenters. The summed E-state index contributed by atoms with van der Waals surface area (Å²) in [5.74, 6) is 0. The van der Waals surface area contributed by atoms with E-state index in [0.717, 1.165) is 22.4 Å². The number of para-hydroxylation sites is 3. The van der Waals surface area contributed by atoms with E-state index < -0.39 is 0 Å². The van der Waals surface area contributed by atoms with Crippen molar-refractivity contribution >= 4 is 11.0 Å². The van der Waals surface area contributed by atoms with Crippen molar-refractivity contribution in [3.8, 4) is 11.4 Å². The van der Waals surface area contributed by atoms with Crippen LogP contribution in [-0.2, 0) is 0 Å². The molecule has 2 heteroatoms. The van der Waals surface area contributed by atoms with Crippen LogP contribution in [0, 0.1) is 13.3 Å². The van der Waals surface area contributed by atoms with Gasteiger partial charge in [0, 0.05) is 0 Å². The van der Waals surface area contributed by atoms with Gasteiger partial charge < -0.3 is 0 Å². The maximum absolute atomic E-state index is 3.48. The molecule has 0 aliphatic rings. The van der Waals surface area contributed by atoms with Gasteiger partial charge in [-0.15, -0.1) is 0 Å². The van der Waals surface area contributed by atoms with Crippen LogP contribution in [0.1, 0.15) is 5.56 Å². The Balaban J connectivity index is 2.01. The Morgan fingerprint density at radius 1 is 0.818 bits per heavy atom.